The van der Waals surface area contributed by atoms with Gasteiger partial charge in [0.2, 0.25) is 11.2 Å². The second-order valence-electron chi connectivity index (χ2n) is 8.73. The quantitative estimate of drug-likeness (QED) is 0.223. The van der Waals surface area contributed by atoms with Crippen molar-refractivity contribution in [3.63, 3.8) is 0 Å². The van der Waals surface area contributed by atoms with Crippen LogP contribution in [0.2, 0.25) is 0 Å². The highest BCUT2D eigenvalue weighted by molar-refractivity contribution is 5.89. The molecule has 0 spiro atoms. The van der Waals surface area contributed by atoms with Crippen LogP contribution in [-0.2, 0) is 17.5 Å². The average molecular weight is 527 g/mol. The van der Waals surface area contributed by atoms with Crippen LogP contribution < -0.4 is 14.9 Å². The molecule has 1 aromatic heterocycles. The Morgan fingerprint density at radius 2 is 1.66 bits per heavy atom. The number of esters is 1. The van der Waals surface area contributed by atoms with E-state index in [9.17, 15) is 22.8 Å². The van der Waals surface area contributed by atoms with Crippen molar-refractivity contribution < 1.29 is 36.6 Å². The van der Waals surface area contributed by atoms with Crippen molar-refractivity contribution in [3.05, 3.63) is 98.9 Å². The van der Waals surface area contributed by atoms with E-state index in [0.29, 0.717) is 6.42 Å². The zero-order valence-corrected chi connectivity index (χ0v) is 21.0. The van der Waals surface area contributed by atoms with Crippen LogP contribution in [0, 0.1) is 13.8 Å². The molecule has 198 valence electrons. The summed E-state index contributed by atoms with van der Waals surface area (Å²) in [4.78, 5) is 25.0. The third-order valence-electron chi connectivity index (χ3n) is 5.73. The van der Waals surface area contributed by atoms with Crippen molar-refractivity contribution in [2.45, 2.75) is 40.0 Å². The maximum Gasteiger partial charge on any atom is 0.453 e. The van der Waals surface area contributed by atoms with Crippen LogP contribution in [0.5, 0.6) is 17.2 Å². The van der Waals surface area contributed by atoms with Gasteiger partial charge in [0.15, 0.2) is 0 Å². The molecule has 0 unspecified atom stereocenters. The van der Waals surface area contributed by atoms with E-state index < -0.39 is 29.1 Å². The molecule has 0 N–H and O–H groups in total. The molecule has 4 aromatic rings. The van der Waals surface area contributed by atoms with Gasteiger partial charge in [-0.1, -0.05) is 30.7 Å². The summed E-state index contributed by atoms with van der Waals surface area (Å²) >= 11 is 0. The Morgan fingerprint density at radius 3 is 2.34 bits per heavy atom. The Hall–Kier alpha value is -4.27. The van der Waals surface area contributed by atoms with E-state index in [1.54, 1.807) is 0 Å². The van der Waals surface area contributed by atoms with Crippen molar-refractivity contribution in [3.8, 4) is 17.2 Å². The summed E-state index contributed by atoms with van der Waals surface area (Å²) in [6.45, 7) is 6.15. The zero-order valence-electron chi connectivity index (χ0n) is 21.0. The predicted molar refractivity (Wildman–Crippen MR) is 135 cm³/mol. The van der Waals surface area contributed by atoms with Gasteiger partial charge >= 0.3 is 12.1 Å². The Bertz CT molecular complexity index is 1520. The molecule has 0 aliphatic rings. The molecule has 38 heavy (non-hydrogen) atoms. The number of carbonyl (C=O) groups is 1. The number of hydrogen-bond acceptors (Lipinski definition) is 6. The Balaban J connectivity index is 1.64. The molecule has 6 nitrogen and oxygen atoms in total. The molecule has 0 bridgehead atoms. The molecular formula is C29H25F3O6. The first-order chi connectivity index (χ1) is 18.1. The number of hydrogen-bond donors (Lipinski definition) is 0. The van der Waals surface area contributed by atoms with E-state index >= 15 is 0 Å². The zero-order chi connectivity index (χ0) is 27.4. The molecule has 0 saturated heterocycles. The molecule has 0 fully saturated rings. The molecule has 0 amide bonds. The predicted octanol–water partition coefficient (Wildman–Crippen LogP) is 7.37. The summed E-state index contributed by atoms with van der Waals surface area (Å²) in [5, 5.41) is -0.105. The van der Waals surface area contributed by atoms with Crippen molar-refractivity contribution in [1.29, 1.82) is 0 Å². The summed E-state index contributed by atoms with van der Waals surface area (Å²) < 4.78 is 63.0. The SMILES string of the molecule is CCCOC(=O)c1ccc(Oc2c(C(F)(F)F)oc3cc(OCc4cc(C)ccc4C)ccc3c2=O)cc1. The lowest BCUT2D eigenvalue weighted by molar-refractivity contribution is -0.154. The minimum Gasteiger partial charge on any atom is -0.489 e. The van der Waals surface area contributed by atoms with E-state index in [-0.39, 0.29) is 41.2 Å². The normalized spacial score (nSPS) is 11.4. The minimum atomic E-state index is -5.01. The van der Waals surface area contributed by atoms with E-state index in [0.717, 1.165) is 16.7 Å². The van der Waals surface area contributed by atoms with Gasteiger partial charge in [0.25, 0.3) is 5.76 Å². The number of benzene rings is 3. The number of fused-ring (bicyclic) bond motifs is 1. The fourth-order valence-corrected chi connectivity index (χ4v) is 3.70. The summed E-state index contributed by atoms with van der Waals surface area (Å²) in [6.07, 6.45) is -4.37. The van der Waals surface area contributed by atoms with Crippen molar-refractivity contribution in [1.82, 2.24) is 0 Å². The topological polar surface area (TPSA) is 75.0 Å². The highest BCUT2D eigenvalue weighted by atomic mass is 19.4. The number of rotatable bonds is 8. The number of carbonyl (C=O) groups excluding carboxylic acids is 1. The molecule has 4 rings (SSSR count). The number of alkyl halides is 3. The number of aryl methyl sites for hydroxylation is 2. The van der Waals surface area contributed by atoms with Gasteiger partial charge in [-0.15, -0.1) is 0 Å². The lowest BCUT2D eigenvalue weighted by Gasteiger charge is -2.14. The van der Waals surface area contributed by atoms with Crippen LogP contribution in [0.25, 0.3) is 11.0 Å². The van der Waals surface area contributed by atoms with Gasteiger partial charge in [0, 0.05) is 6.07 Å². The monoisotopic (exact) mass is 526 g/mol. The van der Waals surface area contributed by atoms with Gasteiger partial charge in [-0.05, 0) is 67.8 Å². The van der Waals surface area contributed by atoms with Gasteiger partial charge in [0.1, 0.15) is 23.7 Å². The Labute approximate surface area is 216 Å². The lowest BCUT2D eigenvalue weighted by Crippen LogP contribution is -2.15. The fraction of sp³-hybridized carbons (Fsp3) is 0.241. The van der Waals surface area contributed by atoms with Gasteiger partial charge in [-0.3, -0.25) is 4.79 Å². The minimum absolute atomic E-state index is 0.0809. The first-order valence-corrected chi connectivity index (χ1v) is 11.9. The fourth-order valence-electron chi connectivity index (χ4n) is 3.70. The van der Waals surface area contributed by atoms with E-state index in [2.05, 4.69) is 0 Å². The molecule has 0 atom stereocenters. The molecule has 3 aromatic carbocycles. The average Bonchev–Trinajstić information content (AvgIpc) is 2.89. The summed E-state index contributed by atoms with van der Waals surface area (Å²) in [5.74, 6) is -2.99. The summed E-state index contributed by atoms with van der Waals surface area (Å²) in [6, 6.07) is 15.2. The van der Waals surface area contributed by atoms with Crippen LogP contribution in [0.3, 0.4) is 0 Å². The van der Waals surface area contributed by atoms with Crippen molar-refractivity contribution >= 4 is 16.9 Å². The van der Waals surface area contributed by atoms with E-state index in [4.69, 9.17) is 18.6 Å². The maximum absolute atomic E-state index is 13.9. The first-order valence-electron chi connectivity index (χ1n) is 11.9. The molecule has 0 aliphatic carbocycles. The van der Waals surface area contributed by atoms with Crippen LogP contribution in [0.15, 0.2) is 69.9 Å². The summed E-state index contributed by atoms with van der Waals surface area (Å²) in [7, 11) is 0. The van der Waals surface area contributed by atoms with Crippen LogP contribution in [0.1, 0.15) is 46.2 Å². The van der Waals surface area contributed by atoms with Gasteiger partial charge in [0.05, 0.1) is 17.6 Å². The Kier molecular flexibility index (Phi) is 7.75. The summed E-state index contributed by atoms with van der Waals surface area (Å²) in [5.41, 5.74) is 1.90. The van der Waals surface area contributed by atoms with E-state index in [1.165, 1.54) is 42.5 Å². The molecule has 0 radical (unpaired) electrons. The second kappa shape index (κ2) is 11.0. The molecule has 9 heteroatoms. The second-order valence-corrected chi connectivity index (χ2v) is 8.73. The molecular weight excluding hydrogens is 501 g/mol. The van der Waals surface area contributed by atoms with Crippen LogP contribution in [-0.4, -0.2) is 12.6 Å². The van der Waals surface area contributed by atoms with Gasteiger partial charge < -0.3 is 18.6 Å². The number of halogens is 3. The van der Waals surface area contributed by atoms with Gasteiger partial charge in [-0.2, -0.15) is 13.2 Å². The first kappa shape index (κ1) is 26.8. The molecule has 0 aliphatic heterocycles. The Morgan fingerprint density at radius 1 is 0.947 bits per heavy atom. The highest BCUT2D eigenvalue weighted by Crippen LogP contribution is 2.38. The number of ether oxygens (including phenoxy) is 3. The maximum atomic E-state index is 13.9. The molecule has 0 saturated carbocycles. The van der Waals surface area contributed by atoms with Gasteiger partial charge in [-0.25, -0.2) is 4.79 Å². The standard InChI is InChI=1S/C29H25F3O6/c1-4-13-35-28(34)19-7-9-21(10-8-19)37-26-25(33)23-12-11-22(15-24(23)38-27(26)29(30,31)32)36-16-20-14-17(2)5-6-18(20)3/h5-12,14-15H,4,13,16H2,1-3H3. The van der Waals surface area contributed by atoms with Crippen LogP contribution >= 0.6 is 0 Å². The highest BCUT2D eigenvalue weighted by Gasteiger charge is 2.40. The third-order valence-corrected chi connectivity index (χ3v) is 5.73. The van der Waals surface area contributed by atoms with Crippen molar-refractivity contribution in [2.24, 2.45) is 0 Å². The smallest absolute Gasteiger partial charge is 0.453 e. The van der Waals surface area contributed by atoms with E-state index in [1.807, 2.05) is 39.0 Å². The third kappa shape index (κ3) is 5.99. The lowest BCUT2D eigenvalue weighted by atomic mass is 10.1. The van der Waals surface area contributed by atoms with Crippen LogP contribution in [0.4, 0.5) is 13.2 Å². The largest absolute Gasteiger partial charge is 0.489 e. The van der Waals surface area contributed by atoms with Crippen molar-refractivity contribution in [2.75, 3.05) is 6.61 Å². The molecule has 1 heterocycles.